The molecule has 1 aliphatic rings. The van der Waals surface area contributed by atoms with Gasteiger partial charge in [0.25, 0.3) is 5.91 Å². The van der Waals surface area contributed by atoms with Crippen molar-refractivity contribution in [1.82, 2.24) is 16.0 Å². The Morgan fingerprint density at radius 1 is 1.28 bits per heavy atom. The largest absolute Gasteiger partial charge is 0.357 e. The third kappa shape index (κ3) is 7.17. The molecular weight excluding hydrogens is 434 g/mol. The predicted octanol–water partition coefficient (Wildman–Crippen LogP) is 2.98. The van der Waals surface area contributed by atoms with E-state index in [1.165, 1.54) is 31.7 Å². The van der Waals surface area contributed by atoms with Crippen molar-refractivity contribution < 1.29 is 9.18 Å². The molecule has 0 aromatic heterocycles. The number of carbonyl (C=O) groups excluding carboxylic acids is 1. The van der Waals surface area contributed by atoms with Crippen molar-refractivity contribution in [1.29, 1.82) is 0 Å². The number of halogens is 2. The Bertz CT molecular complexity index is 588. The highest BCUT2D eigenvalue weighted by Gasteiger charge is 2.15. The number of aliphatic imine (C=N–C) groups is 1. The van der Waals surface area contributed by atoms with Gasteiger partial charge in [-0.05, 0) is 44.4 Å². The standard InChI is InChI=1S/C18H27FN4O.HI/c1-3-20-18(23-15-6-4-5-7-15)22-11-10-21-17(24)14-9-8-13(2)16(19)12-14;/h8-9,12,15H,3-7,10-11H2,1-2H3,(H,21,24)(H2,20,22,23);1H. The number of guanidine groups is 1. The van der Waals surface area contributed by atoms with Crippen molar-refractivity contribution >= 4 is 35.8 Å². The van der Waals surface area contributed by atoms with Gasteiger partial charge in [0, 0.05) is 24.7 Å². The molecule has 0 bridgehead atoms. The van der Waals surface area contributed by atoms with Crippen LogP contribution < -0.4 is 16.0 Å². The van der Waals surface area contributed by atoms with E-state index in [4.69, 9.17) is 0 Å². The smallest absolute Gasteiger partial charge is 0.251 e. The molecule has 1 fully saturated rings. The van der Waals surface area contributed by atoms with Gasteiger partial charge in [-0.2, -0.15) is 0 Å². The first-order valence-electron chi connectivity index (χ1n) is 8.69. The third-order valence-electron chi connectivity index (χ3n) is 4.14. The Balaban J connectivity index is 0.00000312. The highest BCUT2D eigenvalue weighted by atomic mass is 127. The summed E-state index contributed by atoms with van der Waals surface area (Å²) in [6.45, 7) is 5.39. The summed E-state index contributed by atoms with van der Waals surface area (Å²) in [5, 5.41) is 9.42. The van der Waals surface area contributed by atoms with Gasteiger partial charge in [-0.25, -0.2) is 4.39 Å². The first kappa shape index (κ1) is 21.7. The molecule has 1 amide bonds. The van der Waals surface area contributed by atoms with Gasteiger partial charge >= 0.3 is 0 Å². The minimum Gasteiger partial charge on any atom is -0.357 e. The Kier molecular flexibility index (Phi) is 9.77. The van der Waals surface area contributed by atoms with Crippen LogP contribution >= 0.6 is 24.0 Å². The summed E-state index contributed by atoms with van der Waals surface area (Å²) in [7, 11) is 0. The molecule has 25 heavy (non-hydrogen) atoms. The van der Waals surface area contributed by atoms with Crippen molar-refractivity contribution in [2.75, 3.05) is 19.6 Å². The van der Waals surface area contributed by atoms with Crippen molar-refractivity contribution in [3.63, 3.8) is 0 Å². The maximum Gasteiger partial charge on any atom is 0.251 e. The number of benzene rings is 1. The maximum atomic E-state index is 13.5. The summed E-state index contributed by atoms with van der Waals surface area (Å²) in [6, 6.07) is 4.99. The molecule has 1 aromatic carbocycles. The first-order chi connectivity index (χ1) is 11.6. The molecule has 0 atom stereocenters. The summed E-state index contributed by atoms with van der Waals surface area (Å²) in [6.07, 6.45) is 4.89. The molecular formula is C18H28FIN4O. The molecule has 3 N–H and O–H groups in total. The van der Waals surface area contributed by atoms with Gasteiger partial charge in [-0.1, -0.05) is 18.9 Å². The second kappa shape index (κ2) is 11.3. The van der Waals surface area contributed by atoms with Crippen LogP contribution in [0.4, 0.5) is 4.39 Å². The van der Waals surface area contributed by atoms with Crippen molar-refractivity contribution in [3.8, 4) is 0 Å². The zero-order chi connectivity index (χ0) is 17.4. The minimum absolute atomic E-state index is 0. The fourth-order valence-electron chi connectivity index (χ4n) is 2.76. The molecule has 1 aliphatic carbocycles. The fourth-order valence-corrected chi connectivity index (χ4v) is 2.76. The molecule has 0 aliphatic heterocycles. The van der Waals surface area contributed by atoms with E-state index in [0.717, 1.165) is 12.5 Å². The number of nitrogens with zero attached hydrogens (tertiary/aromatic N) is 1. The highest BCUT2D eigenvalue weighted by molar-refractivity contribution is 14.0. The van der Waals surface area contributed by atoms with Gasteiger partial charge in [0.15, 0.2) is 5.96 Å². The van der Waals surface area contributed by atoms with Gasteiger partial charge in [0.2, 0.25) is 0 Å². The Hall–Kier alpha value is -1.38. The van der Waals surface area contributed by atoms with Crippen LogP contribution in [-0.2, 0) is 0 Å². The quantitative estimate of drug-likeness (QED) is 0.264. The molecule has 0 radical (unpaired) electrons. The molecule has 0 unspecified atom stereocenters. The lowest BCUT2D eigenvalue weighted by Crippen LogP contribution is -2.42. The Labute approximate surface area is 166 Å². The van der Waals surface area contributed by atoms with E-state index in [0.29, 0.717) is 30.3 Å². The molecule has 0 heterocycles. The van der Waals surface area contributed by atoms with Crippen LogP contribution in [0.3, 0.4) is 0 Å². The van der Waals surface area contributed by atoms with Gasteiger partial charge in [0.1, 0.15) is 5.82 Å². The lowest BCUT2D eigenvalue weighted by Gasteiger charge is -2.16. The van der Waals surface area contributed by atoms with Gasteiger partial charge < -0.3 is 16.0 Å². The van der Waals surface area contributed by atoms with E-state index in [9.17, 15) is 9.18 Å². The van der Waals surface area contributed by atoms with Crippen LogP contribution in [0.1, 0.15) is 48.5 Å². The van der Waals surface area contributed by atoms with Crippen LogP contribution in [0.5, 0.6) is 0 Å². The molecule has 1 saturated carbocycles. The normalized spacial score (nSPS) is 14.8. The summed E-state index contributed by atoms with van der Waals surface area (Å²) in [5.74, 6) is 0.147. The van der Waals surface area contributed by atoms with E-state index in [-0.39, 0.29) is 35.7 Å². The van der Waals surface area contributed by atoms with E-state index in [2.05, 4.69) is 20.9 Å². The van der Waals surface area contributed by atoms with Crippen molar-refractivity contribution in [2.45, 2.75) is 45.6 Å². The van der Waals surface area contributed by atoms with Crippen molar-refractivity contribution in [2.24, 2.45) is 4.99 Å². The van der Waals surface area contributed by atoms with Gasteiger partial charge in [-0.15, -0.1) is 24.0 Å². The van der Waals surface area contributed by atoms with Crippen LogP contribution in [0.25, 0.3) is 0 Å². The van der Waals surface area contributed by atoms with E-state index >= 15 is 0 Å². The molecule has 2 rings (SSSR count). The van der Waals surface area contributed by atoms with Crippen LogP contribution in [-0.4, -0.2) is 37.5 Å². The second-order valence-electron chi connectivity index (χ2n) is 6.11. The summed E-state index contributed by atoms with van der Waals surface area (Å²) < 4.78 is 13.5. The molecule has 0 spiro atoms. The Morgan fingerprint density at radius 2 is 2.00 bits per heavy atom. The Morgan fingerprint density at radius 3 is 2.64 bits per heavy atom. The minimum atomic E-state index is -0.365. The molecule has 7 heteroatoms. The van der Waals surface area contributed by atoms with Gasteiger partial charge in [0.05, 0.1) is 6.54 Å². The average Bonchev–Trinajstić information content (AvgIpc) is 3.07. The van der Waals surface area contributed by atoms with Crippen LogP contribution in [0, 0.1) is 12.7 Å². The zero-order valence-corrected chi connectivity index (χ0v) is 17.2. The fraction of sp³-hybridized carbons (Fsp3) is 0.556. The second-order valence-corrected chi connectivity index (χ2v) is 6.11. The van der Waals surface area contributed by atoms with Crippen LogP contribution in [0.2, 0.25) is 0 Å². The topological polar surface area (TPSA) is 65.5 Å². The van der Waals surface area contributed by atoms with E-state index in [1.807, 2.05) is 6.92 Å². The monoisotopic (exact) mass is 462 g/mol. The number of nitrogens with one attached hydrogen (secondary N) is 3. The van der Waals surface area contributed by atoms with Crippen LogP contribution in [0.15, 0.2) is 23.2 Å². The number of hydrogen-bond acceptors (Lipinski definition) is 2. The lowest BCUT2D eigenvalue weighted by atomic mass is 10.1. The molecule has 0 saturated heterocycles. The number of rotatable bonds is 6. The SMILES string of the molecule is CCNC(=NCCNC(=O)c1ccc(C)c(F)c1)NC1CCCC1.I. The predicted molar refractivity (Wildman–Crippen MR) is 110 cm³/mol. The van der Waals surface area contributed by atoms with E-state index < -0.39 is 0 Å². The lowest BCUT2D eigenvalue weighted by molar-refractivity contribution is 0.0954. The number of amides is 1. The summed E-state index contributed by atoms with van der Waals surface area (Å²) >= 11 is 0. The number of hydrogen-bond donors (Lipinski definition) is 3. The summed E-state index contributed by atoms with van der Waals surface area (Å²) in [4.78, 5) is 16.5. The third-order valence-corrected chi connectivity index (χ3v) is 4.14. The van der Waals surface area contributed by atoms with E-state index in [1.54, 1.807) is 19.1 Å². The van der Waals surface area contributed by atoms with Crippen molar-refractivity contribution in [3.05, 3.63) is 35.1 Å². The molecule has 5 nitrogen and oxygen atoms in total. The highest BCUT2D eigenvalue weighted by Crippen LogP contribution is 2.17. The number of carbonyl (C=O) groups is 1. The zero-order valence-electron chi connectivity index (χ0n) is 14.9. The molecule has 1 aromatic rings. The number of aryl methyl sites for hydroxylation is 1. The molecule has 140 valence electrons. The summed E-state index contributed by atoms with van der Waals surface area (Å²) in [5.41, 5.74) is 0.863. The maximum absolute atomic E-state index is 13.5. The first-order valence-corrected chi connectivity index (χ1v) is 8.69. The average molecular weight is 462 g/mol. The van der Waals surface area contributed by atoms with Gasteiger partial charge in [-0.3, -0.25) is 9.79 Å².